The van der Waals surface area contributed by atoms with Crippen molar-refractivity contribution in [2.75, 3.05) is 0 Å². The first-order valence-electron chi connectivity index (χ1n) is 5.20. The van der Waals surface area contributed by atoms with Crippen LogP contribution in [0.25, 0.3) is 0 Å². The second-order valence-corrected chi connectivity index (χ2v) is 4.88. The third kappa shape index (κ3) is 3.00. The van der Waals surface area contributed by atoms with Gasteiger partial charge in [-0.05, 0) is 23.8 Å². The predicted molar refractivity (Wildman–Crippen MR) is 74.1 cm³/mol. The van der Waals surface area contributed by atoms with Gasteiger partial charge in [0.05, 0.1) is 5.02 Å². The summed E-state index contributed by atoms with van der Waals surface area (Å²) in [4.78, 5) is 8.29. The number of aromatic nitrogens is 2. The number of nitrogens with two attached hydrogens (primary N) is 1. The molecule has 0 aliphatic heterocycles. The van der Waals surface area contributed by atoms with Crippen LogP contribution >= 0.6 is 23.4 Å². The van der Waals surface area contributed by atoms with Crippen molar-refractivity contribution in [3.63, 3.8) is 0 Å². The van der Waals surface area contributed by atoms with Crippen molar-refractivity contribution in [2.45, 2.75) is 10.8 Å². The minimum absolute atomic E-state index is 0.0293. The van der Waals surface area contributed by atoms with Crippen molar-refractivity contribution in [1.29, 1.82) is 5.41 Å². The molecule has 0 spiro atoms. The Morgan fingerprint density at radius 2 is 2.00 bits per heavy atom. The summed E-state index contributed by atoms with van der Waals surface area (Å²) in [6, 6.07) is 7.30. The largest absolute Gasteiger partial charge is 0.382 e. The lowest BCUT2D eigenvalue weighted by Gasteiger charge is -2.06. The fraction of sp³-hybridized carbons (Fsp3) is 0.0833. The van der Waals surface area contributed by atoms with Gasteiger partial charge in [-0.15, -0.1) is 11.8 Å². The topological polar surface area (TPSA) is 75.7 Å². The highest BCUT2D eigenvalue weighted by molar-refractivity contribution is 7.98. The van der Waals surface area contributed by atoms with Crippen LogP contribution in [0.1, 0.15) is 11.3 Å². The Labute approximate surface area is 114 Å². The summed E-state index contributed by atoms with van der Waals surface area (Å²) in [6.07, 6.45) is 3.32. The number of thioether (sulfide) groups is 1. The molecule has 92 valence electrons. The van der Waals surface area contributed by atoms with E-state index in [1.807, 2.05) is 12.1 Å². The molecule has 2 aromatic heterocycles. The van der Waals surface area contributed by atoms with E-state index in [-0.39, 0.29) is 5.84 Å². The van der Waals surface area contributed by atoms with Crippen LogP contribution in [0.15, 0.2) is 41.7 Å². The number of amidine groups is 1. The van der Waals surface area contributed by atoms with E-state index in [0.29, 0.717) is 16.5 Å². The fourth-order valence-corrected chi connectivity index (χ4v) is 2.57. The van der Waals surface area contributed by atoms with E-state index < -0.39 is 0 Å². The lowest BCUT2D eigenvalue weighted by molar-refractivity contribution is 1.13. The Hall–Kier alpha value is -1.59. The molecule has 18 heavy (non-hydrogen) atoms. The number of pyridine rings is 2. The maximum absolute atomic E-state index is 7.47. The number of hydrogen-bond donors (Lipinski definition) is 2. The molecular formula is C12H11ClN4S. The zero-order chi connectivity index (χ0) is 13.0. The predicted octanol–water partition coefficient (Wildman–Crippen LogP) is 2.71. The van der Waals surface area contributed by atoms with Gasteiger partial charge in [0.15, 0.2) is 0 Å². The molecule has 0 saturated carbocycles. The van der Waals surface area contributed by atoms with Gasteiger partial charge >= 0.3 is 0 Å². The summed E-state index contributed by atoms with van der Waals surface area (Å²) < 4.78 is 0. The van der Waals surface area contributed by atoms with Crippen molar-refractivity contribution in [3.8, 4) is 0 Å². The maximum Gasteiger partial charge on any atom is 0.142 e. The summed E-state index contributed by atoms with van der Waals surface area (Å²) in [5, 5.41) is 8.85. The average molecular weight is 279 g/mol. The molecule has 0 bridgehead atoms. The highest BCUT2D eigenvalue weighted by Gasteiger charge is 2.08. The number of halogens is 1. The molecule has 0 unspecified atom stereocenters. The third-order valence-electron chi connectivity index (χ3n) is 2.24. The van der Waals surface area contributed by atoms with Gasteiger partial charge in [-0.25, -0.2) is 4.98 Å². The van der Waals surface area contributed by atoms with Crippen LogP contribution in [-0.4, -0.2) is 15.8 Å². The number of hydrogen-bond acceptors (Lipinski definition) is 4. The Kier molecular flexibility index (Phi) is 4.17. The molecule has 2 heterocycles. The van der Waals surface area contributed by atoms with Crippen LogP contribution < -0.4 is 5.73 Å². The van der Waals surface area contributed by atoms with E-state index in [1.54, 1.807) is 24.5 Å². The van der Waals surface area contributed by atoms with E-state index in [0.717, 1.165) is 10.6 Å². The molecule has 0 fully saturated rings. The monoisotopic (exact) mass is 278 g/mol. The molecule has 0 saturated heterocycles. The zero-order valence-electron chi connectivity index (χ0n) is 9.43. The van der Waals surface area contributed by atoms with Gasteiger partial charge in [-0.2, -0.15) is 0 Å². The quantitative estimate of drug-likeness (QED) is 0.512. The van der Waals surface area contributed by atoms with Gasteiger partial charge in [0.25, 0.3) is 0 Å². The number of nitrogen functional groups attached to an aromatic ring is 1. The van der Waals surface area contributed by atoms with E-state index in [4.69, 9.17) is 22.7 Å². The molecule has 2 aromatic rings. The third-order valence-corrected chi connectivity index (χ3v) is 3.71. The van der Waals surface area contributed by atoms with Crippen LogP contribution in [0, 0.1) is 5.41 Å². The van der Waals surface area contributed by atoms with Gasteiger partial charge in [-0.1, -0.05) is 17.7 Å². The lowest BCUT2D eigenvalue weighted by Crippen LogP contribution is -2.15. The van der Waals surface area contributed by atoms with Crippen molar-refractivity contribution in [2.24, 2.45) is 5.73 Å². The van der Waals surface area contributed by atoms with Crippen molar-refractivity contribution in [1.82, 2.24) is 9.97 Å². The second kappa shape index (κ2) is 5.84. The first-order chi connectivity index (χ1) is 8.68. The first kappa shape index (κ1) is 12.9. The molecule has 2 rings (SSSR count). The second-order valence-electron chi connectivity index (χ2n) is 3.50. The van der Waals surface area contributed by atoms with Crippen molar-refractivity contribution < 1.29 is 0 Å². The summed E-state index contributed by atoms with van der Waals surface area (Å²) in [5.74, 6) is 0.595. The Bertz CT molecular complexity index is 574. The van der Waals surface area contributed by atoms with Crippen LogP contribution in [0.4, 0.5) is 0 Å². The van der Waals surface area contributed by atoms with E-state index in [2.05, 4.69) is 9.97 Å². The zero-order valence-corrected chi connectivity index (χ0v) is 11.0. The minimum Gasteiger partial charge on any atom is -0.382 e. The number of rotatable bonds is 4. The SMILES string of the molecule is N=C(N)c1ncccc1CSc1ncccc1Cl. The standard InChI is InChI=1S/C12H11ClN4S/c13-9-4-2-6-17-12(9)18-7-8-3-1-5-16-10(8)11(14)15/h1-6H,7H2,(H3,14,15). The molecule has 0 radical (unpaired) electrons. The summed E-state index contributed by atoms with van der Waals surface area (Å²) in [5.41, 5.74) is 6.89. The van der Waals surface area contributed by atoms with Crippen molar-refractivity contribution in [3.05, 3.63) is 52.9 Å². The molecular weight excluding hydrogens is 268 g/mol. The molecule has 0 aliphatic carbocycles. The Balaban J connectivity index is 2.16. The smallest absolute Gasteiger partial charge is 0.142 e. The summed E-state index contributed by atoms with van der Waals surface area (Å²) in [6.45, 7) is 0. The fourth-order valence-electron chi connectivity index (χ4n) is 1.42. The summed E-state index contributed by atoms with van der Waals surface area (Å²) >= 11 is 7.52. The maximum atomic E-state index is 7.47. The average Bonchev–Trinajstić information content (AvgIpc) is 2.38. The van der Waals surface area contributed by atoms with Gasteiger partial charge in [0.2, 0.25) is 0 Å². The number of nitrogens with zero attached hydrogens (tertiary/aromatic N) is 2. The van der Waals surface area contributed by atoms with Gasteiger partial charge in [0, 0.05) is 18.1 Å². The van der Waals surface area contributed by atoms with Crippen LogP contribution in [-0.2, 0) is 5.75 Å². The van der Waals surface area contributed by atoms with Crippen molar-refractivity contribution >= 4 is 29.2 Å². The first-order valence-corrected chi connectivity index (χ1v) is 6.56. The van der Waals surface area contributed by atoms with Gasteiger partial charge < -0.3 is 5.73 Å². The van der Waals surface area contributed by atoms with Crippen LogP contribution in [0.5, 0.6) is 0 Å². The highest BCUT2D eigenvalue weighted by atomic mass is 35.5. The van der Waals surface area contributed by atoms with Crippen LogP contribution in [0.3, 0.4) is 0 Å². The Morgan fingerprint density at radius 1 is 1.28 bits per heavy atom. The molecule has 0 aromatic carbocycles. The summed E-state index contributed by atoms with van der Waals surface area (Å²) in [7, 11) is 0. The molecule has 0 amide bonds. The molecule has 0 atom stereocenters. The highest BCUT2D eigenvalue weighted by Crippen LogP contribution is 2.27. The normalized spacial score (nSPS) is 10.3. The van der Waals surface area contributed by atoms with Gasteiger partial charge in [-0.3, -0.25) is 10.4 Å². The Morgan fingerprint density at radius 3 is 2.72 bits per heavy atom. The molecule has 3 N–H and O–H groups in total. The van der Waals surface area contributed by atoms with E-state index in [1.165, 1.54) is 11.8 Å². The van der Waals surface area contributed by atoms with E-state index in [9.17, 15) is 0 Å². The minimum atomic E-state index is -0.0293. The molecule has 4 nitrogen and oxygen atoms in total. The number of nitrogens with one attached hydrogen (secondary N) is 1. The van der Waals surface area contributed by atoms with Gasteiger partial charge in [0.1, 0.15) is 16.6 Å². The van der Waals surface area contributed by atoms with E-state index >= 15 is 0 Å². The lowest BCUT2D eigenvalue weighted by atomic mass is 10.2. The van der Waals surface area contributed by atoms with Crippen LogP contribution in [0.2, 0.25) is 5.02 Å². The molecule has 0 aliphatic rings. The molecule has 6 heteroatoms.